The molecule has 0 aliphatic carbocycles. The lowest BCUT2D eigenvalue weighted by molar-refractivity contribution is -0.154. The molecule has 2 N–H and O–H groups in total. The number of para-hydroxylation sites is 1. The largest absolute Gasteiger partial charge is 0.467 e. The molecular weight excluding hydrogens is 434 g/mol. The first-order valence-electron chi connectivity index (χ1n) is 10.1. The van der Waals surface area contributed by atoms with Crippen LogP contribution in [0.25, 0.3) is 10.9 Å². The van der Waals surface area contributed by atoms with E-state index in [-0.39, 0.29) is 31.7 Å². The Kier molecular flexibility index (Phi) is 5.99. The van der Waals surface area contributed by atoms with Crippen LogP contribution in [0.15, 0.2) is 42.5 Å². The van der Waals surface area contributed by atoms with Gasteiger partial charge in [0.25, 0.3) is 0 Å². The van der Waals surface area contributed by atoms with E-state index in [1.807, 2.05) is 42.5 Å². The zero-order valence-electron chi connectivity index (χ0n) is 17.7. The van der Waals surface area contributed by atoms with E-state index in [1.165, 1.54) is 7.11 Å². The molecule has 2 aliphatic rings. The number of nitrogens with one attached hydrogen (secondary N) is 2. The summed E-state index contributed by atoms with van der Waals surface area (Å²) in [5, 5.41) is 3.95. The molecule has 1 aromatic heterocycles. The van der Waals surface area contributed by atoms with Gasteiger partial charge in [0, 0.05) is 23.0 Å². The van der Waals surface area contributed by atoms with E-state index in [0.29, 0.717) is 17.9 Å². The zero-order chi connectivity index (χ0) is 21.5. The lowest BCUT2D eigenvalue weighted by atomic mass is 9.87. The molecule has 2 aromatic carbocycles. The lowest BCUT2D eigenvalue weighted by Gasteiger charge is -2.41. The van der Waals surface area contributed by atoms with Gasteiger partial charge in [-0.2, -0.15) is 0 Å². The van der Waals surface area contributed by atoms with Crippen molar-refractivity contribution >= 4 is 35.2 Å². The summed E-state index contributed by atoms with van der Waals surface area (Å²) in [6.45, 7) is 0.262. The summed E-state index contributed by atoms with van der Waals surface area (Å²) >= 11 is 0. The van der Waals surface area contributed by atoms with Gasteiger partial charge < -0.3 is 29.4 Å². The normalized spacial score (nSPS) is 18.8. The van der Waals surface area contributed by atoms with Crippen LogP contribution in [-0.2, 0) is 20.7 Å². The van der Waals surface area contributed by atoms with Crippen molar-refractivity contribution in [1.82, 2.24) is 15.2 Å². The van der Waals surface area contributed by atoms with Crippen LogP contribution in [-0.4, -0.2) is 55.3 Å². The van der Waals surface area contributed by atoms with Gasteiger partial charge >= 0.3 is 5.97 Å². The number of ether oxygens (including phenoxy) is 3. The smallest absolute Gasteiger partial charge is 0.328 e. The van der Waals surface area contributed by atoms with Gasteiger partial charge in [0.1, 0.15) is 6.04 Å². The summed E-state index contributed by atoms with van der Waals surface area (Å²) < 4.78 is 16.1. The minimum atomic E-state index is -0.743. The van der Waals surface area contributed by atoms with E-state index in [4.69, 9.17) is 14.2 Å². The topological polar surface area (TPSA) is 92.9 Å². The van der Waals surface area contributed by atoms with Crippen molar-refractivity contribution in [1.29, 1.82) is 0 Å². The summed E-state index contributed by atoms with van der Waals surface area (Å²) in [6, 6.07) is 12.3. The number of halogens is 1. The monoisotopic (exact) mass is 457 g/mol. The summed E-state index contributed by atoms with van der Waals surface area (Å²) in [7, 11) is 3.06. The van der Waals surface area contributed by atoms with Gasteiger partial charge in [0.2, 0.25) is 12.7 Å². The number of benzene rings is 2. The van der Waals surface area contributed by atoms with Crippen LogP contribution in [0.2, 0.25) is 0 Å². The number of aromatic amines is 1. The van der Waals surface area contributed by atoms with Crippen LogP contribution in [0, 0.1) is 0 Å². The predicted octanol–water partition coefficient (Wildman–Crippen LogP) is 2.55. The molecule has 3 aromatic rings. The maximum Gasteiger partial charge on any atom is 0.328 e. The molecule has 0 saturated heterocycles. The van der Waals surface area contributed by atoms with Crippen molar-refractivity contribution in [2.75, 3.05) is 27.5 Å². The Morgan fingerprint density at radius 2 is 1.97 bits per heavy atom. The van der Waals surface area contributed by atoms with E-state index < -0.39 is 18.1 Å². The third kappa shape index (κ3) is 3.45. The highest BCUT2D eigenvalue weighted by molar-refractivity contribution is 5.91. The number of nitrogens with zero attached hydrogens (tertiary/aromatic N) is 1. The number of methoxy groups -OCH3 is 1. The Morgan fingerprint density at radius 1 is 1.19 bits per heavy atom. The van der Waals surface area contributed by atoms with Crippen molar-refractivity contribution in [3.8, 4) is 11.5 Å². The molecule has 3 heterocycles. The number of carbonyl (C=O) groups is 2. The number of fused-ring (bicyclic) bond motifs is 4. The fourth-order valence-corrected chi connectivity index (χ4v) is 4.59. The van der Waals surface area contributed by atoms with Crippen LogP contribution in [0.1, 0.15) is 22.9 Å². The van der Waals surface area contributed by atoms with Crippen molar-refractivity contribution in [2.45, 2.75) is 18.5 Å². The van der Waals surface area contributed by atoms with Crippen molar-refractivity contribution < 1.29 is 23.8 Å². The predicted molar refractivity (Wildman–Crippen MR) is 120 cm³/mol. The molecule has 2 atom stereocenters. The second-order valence-electron chi connectivity index (χ2n) is 7.65. The Morgan fingerprint density at radius 3 is 2.75 bits per heavy atom. The maximum atomic E-state index is 13.3. The Hall–Kier alpha value is -3.23. The number of hydrogen-bond donors (Lipinski definition) is 2. The van der Waals surface area contributed by atoms with Crippen LogP contribution in [0.3, 0.4) is 0 Å². The van der Waals surface area contributed by atoms with E-state index in [0.717, 1.165) is 27.7 Å². The van der Waals surface area contributed by atoms with Gasteiger partial charge in [-0.15, -0.1) is 12.4 Å². The van der Waals surface area contributed by atoms with Crippen LogP contribution >= 0.6 is 12.4 Å². The average molecular weight is 458 g/mol. The van der Waals surface area contributed by atoms with Gasteiger partial charge in [-0.25, -0.2) is 4.79 Å². The zero-order valence-corrected chi connectivity index (χ0v) is 18.5. The highest BCUT2D eigenvalue weighted by Crippen LogP contribution is 2.43. The number of esters is 1. The summed E-state index contributed by atoms with van der Waals surface area (Å²) in [4.78, 5) is 31.2. The van der Waals surface area contributed by atoms with Crippen molar-refractivity contribution in [2.24, 2.45) is 0 Å². The van der Waals surface area contributed by atoms with Gasteiger partial charge in [-0.1, -0.05) is 24.3 Å². The van der Waals surface area contributed by atoms with E-state index in [1.54, 1.807) is 11.9 Å². The number of rotatable bonds is 4. The highest BCUT2D eigenvalue weighted by Gasteiger charge is 2.44. The number of carbonyl (C=O) groups excluding carboxylic acids is 2. The maximum absolute atomic E-state index is 13.3. The molecule has 5 rings (SSSR count). The van der Waals surface area contributed by atoms with Crippen molar-refractivity contribution in [3.05, 3.63) is 59.3 Å². The molecule has 168 valence electrons. The number of hydrogen-bond acceptors (Lipinski definition) is 6. The summed E-state index contributed by atoms with van der Waals surface area (Å²) in [6.07, 6.45) is 0.378. The van der Waals surface area contributed by atoms with E-state index in [9.17, 15) is 9.59 Å². The highest BCUT2D eigenvalue weighted by atomic mass is 35.5. The van der Waals surface area contributed by atoms with Crippen LogP contribution in [0.5, 0.6) is 11.5 Å². The second kappa shape index (κ2) is 8.72. The second-order valence-corrected chi connectivity index (χ2v) is 7.65. The lowest BCUT2D eigenvalue weighted by Crippen LogP contribution is -2.53. The van der Waals surface area contributed by atoms with Gasteiger partial charge in [-0.3, -0.25) is 4.79 Å². The molecule has 0 unspecified atom stereocenters. The fraction of sp³-hybridized carbons (Fsp3) is 0.304. The van der Waals surface area contributed by atoms with Gasteiger partial charge in [-0.05, 0) is 36.4 Å². The van der Waals surface area contributed by atoms with E-state index in [2.05, 4.69) is 10.3 Å². The Balaban J connectivity index is 0.00000245. The summed E-state index contributed by atoms with van der Waals surface area (Å²) in [5.74, 6) is 0.654. The standard InChI is InChI=1S/C23H23N3O5.ClH/c1-24-11-20(27)26-17(23(28)29-2)10-15-14-5-3-4-6-16(14)25-21(15)22(26)13-7-8-18-19(9-13)31-12-30-18;/h3-9,17,22,24-25H,10-12H2,1-2H3;1H/t17-,22-;/m1./s1. The summed E-state index contributed by atoms with van der Waals surface area (Å²) in [5.41, 5.74) is 3.70. The number of aromatic nitrogens is 1. The molecule has 8 nitrogen and oxygen atoms in total. The van der Waals surface area contributed by atoms with Crippen molar-refractivity contribution in [3.63, 3.8) is 0 Å². The SMILES string of the molecule is CNCC(=O)N1[C@H](c2ccc3c(c2)OCO3)c2[nH]c3ccccc3c2C[C@@H]1C(=O)OC.Cl. The van der Waals surface area contributed by atoms with Crippen LogP contribution < -0.4 is 14.8 Å². The molecule has 0 spiro atoms. The number of H-pyrrole nitrogens is 1. The third-order valence-electron chi connectivity index (χ3n) is 5.93. The number of amides is 1. The molecule has 0 fully saturated rings. The molecule has 0 bridgehead atoms. The molecule has 9 heteroatoms. The van der Waals surface area contributed by atoms with Gasteiger partial charge in [0.05, 0.1) is 19.7 Å². The molecule has 1 amide bonds. The first-order valence-corrected chi connectivity index (χ1v) is 10.1. The molecule has 0 saturated carbocycles. The first-order chi connectivity index (χ1) is 15.1. The molecule has 2 aliphatic heterocycles. The van der Waals surface area contributed by atoms with Gasteiger partial charge in [0.15, 0.2) is 11.5 Å². The Bertz CT molecular complexity index is 1180. The molecular formula is C23H24ClN3O5. The number of likely N-dealkylation sites (N-methyl/N-ethyl adjacent to an activating group) is 1. The minimum Gasteiger partial charge on any atom is -0.467 e. The quantitative estimate of drug-likeness (QED) is 0.585. The third-order valence-corrected chi connectivity index (χ3v) is 5.93. The molecule has 0 radical (unpaired) electrons. The average Bonchev–Trinajstić information content (AvgIpc) is 3.41. The molecule has 32 heavy (non-hydrogen) atoms. The first kappa shape index (κ1) is 22.0. The van der Waals surface area contributed by atoms with Crippen LogP contribution in [0.4, 0.5) is 0 Å². The van der Waals surface area contributed by atoms with E-state index >= 15 is 0 Å². The Labute approximate surface area is 191 Å². The fourth-order valence-electron chi connectivity index (χ4n) is 4.59. The minimum absolute atomic E-state index is 0.